The number of morpholine rings is 1. The Hall–Kier alpha value is -1.76. The normalized spacial score (nSPS) is 20.2. The Morgan fingerprint density at radius 3 is 2.86 bits per heavy atom. The SMILES string of the molecule is CCn1nnc2c(N3CCOC(C(C)(C)C)C3)ncnc21. The van der Waals surface area contributed by atoms with Crippen LogP contribution in [0.25, 0.3) is 11.2 Å². The number of rotatable bonds is 2. The van der Waals surface area contributed by atoms with E-state index in [0.717, 1.165) is 36.6 Å². The topological polar surface area (TPSA) is 69.0 Å². The molecule has 0 bridgehead atoms. The molecule has 2 aromatic heterocycles. The summed E-state index contributed by atoms with van der Waals surface area (Å²) in [7, 11) is 0. The highest BCUT2D eigenvalue weighted by Crippen LogP contribution is 2.29. The minimum atomic E-state index is 0.103. The molecule has 7 heteroatoms. The van der Waals surface area contributed by atoms with Crippen LogP contribution in [0.2, 0.25) is 0 Å². The number of anilines is 1. The van der Waals surface area contributed by atoms with Crippen molar-refractivity contribution >= 4 is 17.0 Å². The maximum Gasteiger partial charge on any atom is 0.183 e. The van der Waals surface area contributed by atoms with Crippen LogP contribution in [-0.2, 0) is 11.3 Å². The Kier molecular flexibility index (Phi) is 3.52. The van der Waals surface area contributed by atoms with Gasteiger partial charge in [-0.15, -0.1) is 5.10 Å². The van der Waals surface area contributed by atoms with Gasteiger partial charge in [0, 0.05) is 19.6 Å². The van der Waals surface area contributed by atoms with E-state index in [9.17, 15) is 0 Å². The number of aromatic nitrogens is 5. The molecule has 0 aliphatic carbocycles. The Morgan fingerprint density at radius 1 is 1.33 bits per heavy atom. The van der Waals surface area contributed by atoms with E-state index < -0.39 is 0 Å². The zero-order valence-electron chi connectivity index (χ0n) is 13.1. The second kappa shape index (κ2) is 5.22. The van der Waals surface area contributed by atoms with Gasteiger partial charge in [-0.05, 0) is 12.3 Å². The lowest BCUT2D eigenvalue weighted by Gasteiger charge is -2.39. The molecule has 0 aromatic carbocycles. The molecule has 1 aliphatic rings. The maximum atomic E-state index is 5.91. The highest BCUT2D eigenvalue weighted by molar-refractivity contribution is 5.82. The van der Waals surface area contributed by atoms with Gasteiger partial charge in [0.05, 0.1) is 12.7 Å². The fraction of sp³-hybridized carbons (Fsp3) is 0.714. The molecular weight excluding hydrogens is 268 g/mol. The third kappa shape index (κ3) is 2.57. The fourth-order valence-corrected chi connectivity index (χ4v) is 2.59. The molecule has 0 N–H and O–H groups in total. The highest BCUT2D eigenvalue weighted by Gasteiger charge is 2.32. The summed E-state index contributed by atoms with van der Waals surface area (Å²) in [5, 5.41) is 8.40. The van der Waals surface area contributed by atoms with Crippen molar-refractivity contribution < 1.29 is 4.74 Å². The first-order valence-electron chi connectivity index (χ1n) is 7.41. The molecule has 0 spiro atoms. The molecule has 1 aliphatic heterocycles. The Balaban J connectivity index is 1.95. The van der Waals surface area contributed by atoms with Crippen LogP contribution in [0, 0.1) is 5.41 Å². The lowest BCUT2D eigenvalue weighted by atomic mass is 9.88. The smallest absolute Gasteiger partial charge is 0.183 e. The van der Waals surface area contributed by atoms with Gasteiger partial charge in [0.1, 0.15) is 6.33 Å². The van der Waals surface area contributed by atoms with Crippen molar-refractivity contribution in [2.75, 3.05) is 24.6 Å². The van der Waals surface area contributed by atoms with Crippen molar-refractivity contribution in [3.63, 3.8) is 0 Å². The second-order valence-electron chi connectivity index (χ2n) is 6.45. The molecule has 3 heterocycles. The van der Waals surface area contributed by atoms with Gasteiger partial charge >= 0.3 is 0 Å². The number of ether oxygens (including phenoxy) is 1. The minimum Gasteiger partial charge on any atom is -0.374 e. The molecule has 1 fully saturated rings. The van der Waals surface area contributed by atoms with Gasteiger partial charge in [-0.3, -0.25) is 0 Å². The summed E-state index contributed by atoms with van der Waals surface area (Å²) in [4.78, 5) is 11.0. The van der Waals surface area contributed by atoms with Crippen molar-refractivity contribution in [2.24, 2.45) is 5.41 Å². The van der Waals surface area contributed by atoms with Gasteiger partial charge < -0.3 is 9.64 Å². The molecule has 21 heavy (non-hydrogen) atoms. The van der Waals surface area contributed by atoms with Crippen molar-refractivity contribution in [3.8, 4) is 0 Å². The molecular formula is C14H22N6O. The van der Waals surface area contributed by atoms with E-state index in [1.807, 2.05) is 6.92 Å². The van der Waals surface area contributed by atoms with Gasteiger partial charge in [-0.25, -0.2) is 14.6 Å². The molecule has 0 amide bonds. The molecule has 0 saturated carbocycles. The Labute approximate surface area is 124 Å². The van der Waals surface area contributed by atoms with E-state index in [4.69, 9.17) is 4.74 Å². The first kappa shape index (κ1) is 14.2. The largest absolute Gasteiger partial charge is 0.374 e. The second-order valence-corrected chi connectivity index (χ2v) is 6.45. The van der Waals surface area contributed by atoms with E-state index in [1.54, 1.807) is 11.0 Å². The quantitative estimate of drug-likeness (QED) is 0.834. The predicted octanol–water partition coefficient (Wildman–Crippen LogP) is 1.49. The van der Waals surface area contributed by atoms with Gasteiger partial charge in [0.2, 0.25) is 0 Å². The molecule has 1 atom stereocenters. The first-order chi connectivity index (χ1) is 10.0. The van der Waals surface area contributed by atoms with E-state index in [1.165, 1.54) is 0 Å². The van der Waals surface area contributed by atoms with Crippen LogP contribution in [-0.4, -0.2) is 50.8 Å². The van der Waals surface area contributed by atoms with Crippen molar-refractivity contribution in [1.82, 2.24) is 25.0 Å². The number of aryl methyl sites for hydroxylation is 1. The van der Waals surface area contributed by atoms with Crippen LogP contribution in [0.3, 0.4) is 0 Å². The average Bonchev–Trinajstić information content (AvgIpc) is 2.89. The number of nitrogens with zero attached hydrogens (tertiary/aromatic N) is 6. The summed E-state index contributed by atoms with van der Waals surface area (Å²) in [6.45, 7) is 11.7. The monoisotopic (exact) mass is 290 g/mol. The minimum absolute atomic E-state index is 0.103. The summed E-state index contributed by atoms with van der Waals surface area (Å²) >= 11 is 0. The number of fused-ring (bicyclic) bond motifs is 1. The molecule has 1 saturated heterocycles. The lowest BCUT2D eigenvalue weighted by molar-refractivity contribution is -0.0267. The van der Waals surface area contributed by atoms with Crippen molar-refractivity contribution in [3.05, 3.63) is 6.33 Å². The van der Waals surface area contributed by atoms with Crippen LogP contribution < -0.4 is 4.90 Å². The standard InChI is InChI=1S/C14H22N6O/c1-5-20-13-11(17-18-20)12(15-9-16-13)19-6-7-21-10(8-19)14(2,3)4/h9-10H,5-8H2,1-4H3. The fourth-order valence-electron chi connectivity index (χ4n) is 2.59. The van der Waals surface area contributed by atoms with Gasteiger partial charge in [-0.1, -0.05) is 26.0 Å². The molecule has 114 valence electrons. The molecule has 2 aromatic rings. The summed E-state index contributed by atoms with van der Waals surface area (Å²) in [6.07, 6.45) is 1.77. The zero-order valence-corrected chi connectivity index (χ0v) is 13.1. The first-order valence-corrected chi connectivity index (χ1v) is 7.41. The molecule has 1 unspecified atom stereocenters. The summed E-state index contributed by atoms with van der Waals surface area (Å²) < 4.78 is 7.70. The zero-order chi connectivity index (χ0) is 15.0. The number of hydrogen-bond donors (Lipinski definition) is 0. The van der Waals surface area contributed by atoms with Crippen LogP contribution in [0.1, 0.15) is 27.7 Å². The van der Waals surface area contributed by atoms with Gasteiger partial charge in [0.15, 0.2) is 17.0 Å². The number of hydrogen-bond acceptors (Lipinski definition) is 6. The van der Waals surface area contributed by atoms with E-state index in [0.29, 0.717) is 6.61 Å². The summed E-state index contributed by atoms with van der Waals surface area (Å²) in [6, 6.07) is 0. The molecule has 3 rings (SSSR count). The van der Waals surface area contributed by atoms with E-state index in [-0.39, 0.29) is 11.5 Å². The van der Waals surface area contributed by atoms with Crippen LogP contribution >= 0.6 is 0 Å². The summed E-state index contributed by atoms with van der Waals surface area (Å²) in [5.74, 6) is 0.859. The Bertz CT molecular complexity index is 632. The average molecular weight is 290 g/mol. The van der Waals surface area contributed by atoms with Crippen LogP contribution in [0.5, 0.6) is 0 Å². The van der Waals surface area contributed by atoms with Crippen molar-refractivity contribution in [1.29, 1.82) is 0 Å². The van der Waals surface area contributed by atoms with E-state index in [2.05, 4.69) is 46.0 Å². The highest BCUT2D eigenvalue weighted by atomic mass is 16.5. The van der Waals surface area contributed by atoms with Gasteiger partial charge in [-0.2, -0.15) is 0 Å². The third-order valence-corrected chi connectivity index (χ3v) is 3.91. The maximum absolute atomic E-state index is 5.91. The van der Waals surface area contributed by atoms with E-state index >= 15 is 0 Å². The Morgan fingerprint density at radius 2 is 2.14 bits per heavy atom. The van der Waals surface area contributed by atoms with Crippen LogP contribution in [0.15, 0.2) is 6.33 Å². The molecule has 0 radical (unpaired) electrons. The summed E-state index contributed by atoms with van der Waals surface area (Å²) in [5.41, 5.74) is 1.67. The predicted molar refractivity (Wildman–Crippen MR) is 80.2 cm³/mol. The third-order valence-electron chi connectivity index (χ3n) is 3.91. The van der Waals surface area contributed by atoms with Crippen LogP contribution in [0.4, 0.5) is 5.82 Å². The van der Waals surface area contributed by atoms with Crippen molar-refractivity contribution in [2.45, 2.75) is 40.3 Å². The van der Waals surface area contributed by atoms with Gasteiger partial charge in [0.25, 0.3) is 0 Å². The molecule has 7 nitrogen and oxygen atoms in total. The lowest BCUT2D eigenvalue weighted by Crippen LogP contribution is -2.48.